The van der Waals surface area contributed by atoms with Crippen molar-refractivity contribution in [2.45, 2.75) is 12.5 Å². The summed E-state index contributed by atoms with van der Waals surface area (Å²) in [7, 11) is 0.0699. The quantitative estimate of drug-likeness (QED) is 0.773. The number of aromatic nitrogens is 1. The highest BCUT2D eigenvalue weighted by Gasteiger charge is 2.29. The van der Waals surface area contributed by atoms with E-state index in [1.54, 1.807) is 44.6 Å². The van der Waals surface area contributed by atoms with Gasteiger partial charge in [0.1, 0.15) is 17.3 Å². The van der Waals surface area contributed by atoms with Crippen LogP contribution in [0.2, 0.25) is 0 Å². The number of hydrogen-bond acceptors (Lipinski definition) is 7. The van der Waals surface area contributed by atoms with Gasteiger partial charge >= 0.3 is 0 Å². The van der Waals surface area contributed by atoms with Crippen LogP contribution in [-0.4, -0.2) is 51.1 Å². The number of rotatable bonds is 6. The number of benzene rings is 1. The highest BCUT2D eigenvalue weighted by Crippen LogP contribution is 2.31. The third-order valence-corrected chi connectivity index (χ3v) is 6.03. The maximum absolute atomic E-state index is 12.4. The van der Waals surface area contributed by atoms with Crippen molar-refractivity contribution in [2.75, 3.05) is 31.0 Å². The summed E-state index contributed by atoms with van der Waals surface area (Å²) >= 11 is 0. The molecule has 1 aromatic carbocycles. The SMILES string of the molecule is COc1ccc(Nc2cc(C(=O)NC3CCS(=O)(=O)C3)ccn2)c(OC)c1. The second kappa shape index (κ2) is 7.83. The van der Waals surface area contributed by atoms with Crippen LogP contribution in [0.5, 0.6) is 11.5 Å². The minimum absolute atomic E-state index is 0.0159. The molecule has 2 aromatic rings. The van der Waals surface area contributed by atoms with Crippen LogP contribution in [0.25, 0.3) is 0 Å². The average molecular weight is 391 g/mol. The molecule has 0 saturated carbocycles. The Morgan fingerprint density at radius 2 is 2.00 bits per heavy atom. The van der Waals surface area contributed by atoms with Crippen LogP contribution in [-0.2, 0) is 9.84 Å². The molecule has 27 heavy (non-hydrogen) atoms. The molecule has 2 N–H and O–H groups in total. The van der Waals surface area contributed by atoms with Gasteiger partial charge in [-0.1, -0.05) is 0 Å². The zero-order valence-corrected chi connectivity index (χ0v) is 15.9. The minimum Gasteiger partial charge on any atom is -0.497 e. The van der Waals surface area contributed by atoms with Gasteiger partial charge in [0.25, 0.3) is 5.91 Å². The van der Waals surface area contributed by atoms with E-state index in [9.17, 15) is 13.2 Å². The van der Waals surface area contributed by atoms with Crippen molar-refractivity contribution >= 4 is 27.2 Å². The monoisotopic (exact) mass is 391 g/mol. The van der Waals surface area contributed by atoms with E-state index in [0.717, 1.165) is 0 Å². The van der Waals surface area contributed by atoms with Crippen LogP contribution in [0.15, 0.2) is 36.5 Å². The van der Waals surface area contributed by atoms with Crippen molar-refractivity contribution in [1.29, 1.82) is 0 Å². The first kappa shape index (κ1) is 19.0. The van der Waals surface area contributed by atoms with E-state index < -0.39 is 9.84 Å². The summed E-state index contributed by atoms with van der Waals surface area (Å²) in [4.78, 5) is 16.6. The van der Waals surface area contributed by atoms with Crippen LogP contribution < -0.4 is 20.1 Å². The van der Waals surface area contributed by atoms with Gasteiger partial charge in [0.05, 0.1) is 31.4 Å². The van der Waals surface area contributed by atoms with Crippen molar-refractivity contribution in [3.05, 3.63) is 42.1 Å². The van der Waals surface area contributed by atoms with Crippen molar-refractivity contribution in [1.82, 2.24) is 10.3 Å². The topological polar surface area (TPSA) is 107 Å². The molecular formula is C18H21N3O5S. The summed E-state index contributed by atoms with van der Waals surface area (Å²) in [5.41, 5.74) is 1.06. The number of ether oxygens (including phenoxy) is 2. The Hall–Kier alpha value is -2.81. The lowest BCUT2D eigenvalue weighted by atomic mass is 10.2. The summed E-state index contributed by atoms with van der Waals surface area (Å²) in [6.07, 6.45) is 1.95. The largest absolute Gasteiger partial charge is 0.497 e. The van der Waals surface area contributed by atoms with E-state index >= 15 is 0 Å². The molecule has 1 atom stereocenters. The number of amides is 1. The number of pyridine rings is 1. The molecule has 0 radical (unpaired) electrons. The van der Waals surface area contributed by atoms with Gasteiger partial charge in [-0.15, -0.1) is 0 Å². The van der Waals surface area contributed by atoms with Gasteiger partial charge in [0, 0.05) is 23.9 Å². The van der Waals surface area contributed by atoms with Gasteiger partial charge in [-0.2, -0.15) is 0 Å². The van der Waals surface area contributed by atoms with Gasteiger partial charge in [0.2, 0.25) is 0 Å². The molecule has 1 saturated heterocycles. The molecule has 3 rings (SSSR count). The molecule has 1 aromatic heterocycles. The molecule has 2 heterocycles. The van der Waals surface area contributed by atoms with E-state index in [2.05, 4.69) is 15.6 Å². The standard InChI is InChI=1S/C18H21N3O5S/c1-25-14-3-4-15(16(10-14)26-2)21-17-9-12(5-7-19-17)18(22)20-13-6-8-27(23,24)11-13/h3-5,7,9-10,13H,6,8,11H2,1-2H3,(H,19,21)(H,20,22). The van der Waals surface area contributed by atoms with Crippen molar-refractivity contribution in [3.8, 4) is 11.5 Å². The highest BCUT2D eigenvalue weighted by molar-refractivity contribution is 7.91. The van der Waals surface area contributed by atoms with E-state index in [-0.39, 0.29) is 23.5 Å². The number of carbonyl (C=O) groups excluding carboxylic acids is 1. The van der Waals surface area contributed by atoms with Crippen molar-refractivity contribution in [2.24, 2.45) is 0 Å². The zero-order valence-electron chi connectivity index (χ0n) is 15.1. The first-order valence-electron chi connectivity index (χ1n) is 8.36. The third-order valence-electron chi connectivity index (χ3n) is 4.26. The van der Waals surface area contributed by atoms with Crippen LogP contribution in [0.3, 0.4) is 0 Å². The molecule has 0 bridgehead atoms. The fourth-order valence-corrected chi connectivity index (χ4v) is 4.53. The smallest absolute Gasteiger partial charge is 0.251 e. The summed E-state index contributed by atoms with van der Waals surface area (Å²) in [5.74, 6) is 1.46. The molecule has 1 amide bonds. The highest BCUT2D eigenvalue weighted by atomic mass is 32.2. The van der Waals surface area contributed by atoms with Crippen molar-refractivity contribution in [3.63, 3.8) is 0 Å². The van der Waals surface area contributed by atoms with Crippen LogP contribution in [0.1, 0.15) is 16.8 Å². The number of sulfone groups is 1. The predicted molar refractivity (Wildman–Crippen MR) is 102 cm³/mol. The molecule has 1 unspecified atom stereocenters. The third kappa shape index (κ3) is 4.68. The molecular weight excluding hydrogens is 370 g/mol. The number of hydrogen-bond donors (Lipinski definition) is 2. The molecule has 9 heteroatoms. The van der Waals surface area contributed by atoms with E-state index in [1.807, 2.05) is 0 Å². The predicted octanol–water partition coefficient (Wildman–Crippen LogP) is 1.76. The molecule has 8 nitrogen and oxygen atoms in total. The molecule has 1 fully saturated rings. The Labute approximate surface area is 157 Å². The average Bonchev–Trinajstić information content (AvgIpc) is 3.00. The van der Waals surface area contributed by atoms with Gasteiger partial charge in [-0.3, -0.25) is 4.79 Å². The van der Waals surface area contributed by atoms with E-state index in [4.69, 9.17) is 9.47 Å². The van der Waals surface area contributed by atoms with Gasteiger partial charge in [0.15, 0.2) is 9.84 Å². The summed E-state index contributed by atoms with van der Waals surface area (Å²) < 4.78 is 33.6. The van der Waals surface area contributed by atoms with Crippen LogP contribution in [0.4, 0.5) is 11.5 Å². The lowest BCUT2D eigenvalue weighted by Gasteiger charge is -2.13. The number of anilines is 2. The van der Waals surface area contributed by atoms with Gasteiger partial charge in [-0.25, -0.2) is 13.4 Å². The number of carbonyl (C=O) groups is 1. The Morgan fingerprint density at radius 3 is 2.67 bits per heavy atom. The van der Waals surface area contributed by atoms with Crippen molar-refractivity contribution < 1.29 is 22.7 Å². The lowest BCUT2D eigenvalue weighted by molar-refractivity contribution is 0.0941. The maximum Gasteiger partial charge on any atom is 0.251 e. The van der Waals surface area contributed by atoms with Gasteiger partial charge in [-0.05, 0) is 30.7 Å². The Kier molecular flexibility index (Phi) is 5.50. The minimum atomic E-state index is -3.05. The molecule has 0 aliphatic carbocycles. The summed E-state index contributed by atoms with van der Waals surface area (Å²) in [5, 5.41) is 5.87. The fraction of sp³-hybridized carbons (Fsp3) is 0.333. The Bertz CT molecular complexity index is 946. The maximum atomic E-state index is 12.4. The van der Waals surface area contributed by atoms with Crippen LogP contribution in [0, 0.1) is 0 Å². The summed E-state index contributed by atoms with van der Waals surface area (Å²) in [6.45, 7) is 0. The zero-order chi connectivity index (χ0) is 19.4. The van der Waals surface area contributed by atoms with Crippen LogP contribution >= 0.6 is 0 Å². The number of methoxy groups -OCH3 is 2. The van der Waals surface area contributed by atoms with Gasteiger partial charge < -0.3 is 20.1 Å². The Morgan fingerprint density at radius 1 is 1.19 bits per heavy atom. The first-order chi connectivity index (χ1) is 12.9. The summed E-state index contributed by atoms with van der Waals surface area (Å²) in [6, 6.07) is 8.13. The first-order valence-corrected chi connectivity index (χ1v) is 10.2. The second-order valence-electron chi connectivity index (χ2n) is 6.19. The molecule has 1 aliphatic rings. The lowest BCUT2D eigenvalue weighted by Crippen LogP contribution is -2.35. The second-order valence-corrected chi connectivity index (χ2v) is 8.42. The number of nitrogens with one attached hydrogen (secondary N) is 2. The molecule has 144 valence electrons. The normalized spacial score (nSPS) is 17.9. The number of nitrogens with zero attached hydrogens (tertiary/aromatic N) is 1. The van der Waals surface area contributed by atoms with E-state index in [0.29, 0.717) is 35.0 Å². The molecule has 1 aliphatic heterocycles. The van der Waals surface area contributed by atoms with E-state index in [1.165, 1.54) is 6.20 Å². The fourth-order valence-electron chi connectivity index (χ4n) is 2.86. The Balaban J connectivity index is 1.73. The molecule has 0 spiro atoms.